The molecule has 2 aromatic rings. The minimum absolute atomic E-state index is 0.00792. The Morgan fingerprint density at radius 2 is 1.59 bits per heavy atom. The van der Waals surface area contributed by atoms with Crippen molar-refractivity contribution < 1.29 is 32.3 Å². The molecule has 0 aliphatic rings. The molecule has 2 aromatic carbocycles. The summed E-state index contributed by atoms with van der Waals surface area (Å²) in [5.41, 5.74) is 0.332. The highest BCUT2D eigenvalue weighted by molar-refractivity contribution is 7.92. The monoisotopic (exact) mass is 482 g/mol. The van der Waals surface area contributed by atoms with E-state index >= 15 is 0 Å². The fourth-order valence-corrected chi connectivity index (χ4v) is 4.46. The summed E-state index contributed by atoms with van der Waals surface area (Å²) in [5.74, 6) is -2.12. The van der Waals surface area contributed by atoms with E-state index in [4.69, 9.17) is 11.6 Å². The van der Waals surface area contributed by atoms with Crippen molar-refractivity contribution in [1.82, 2.24) is 0 Å². The van der Waals surface area contributed by atoms with Crippen LogP contribution in [0.3, 0.4) is 0 Å². The second-order valence-corrected chi connectivity index (χ2v) is 9.03. The Morgan fingerprint density at radius 3 is 2.03 bits per heavy atom. The van der Waals surface area contributed by atoms with Gasteiger partial charge in [-0.1, -0.05) is 24.6 Å². The second-order valence-electron chi connectivity index (χ2n) is 6.73. The van der Waals surface area contributed by atoms with Gasteiger partial charge in [-0.15, -0.1) is 0 Å². The van der Waals surface area contributed by atoms with E-state index in [0.717, 1.165) is 10.6 Å². The van der Waals surface area contributed by atoms with Gasteiger partial charge in [0.15, 0.2) is 0 Å². The molecule has 1 atom stereocenters. The first kappa shape index (κ1) is 25.2. The van der Waals surface area contributed by atoms with Crippen molar-refractivity contribution in [1.29, 1.82) is 0 Å². The maximum absolute atomic E-state index is 13.1. The Labute approximate surface area is 191 Å². The zero-order valence-corrected chi connectivity index (χ0v) is 19.5. The summed E-state index contributed by atoms with van der Waals surface area (Å²) in [4.78, 5) is 37.1. The van der Waals surface area contributed by atoms with Gasteiger partial charge in [0.2, 0.25) is 15.9 Å². The van der Waals surface area contributed by atoms with Crippen LogP contribution in [-0.2, 0) is 24.3 Å². The van der Waals surface area contributed by atoms with Gasteiger partial charge in [-0.2, -0.15) is 0 Å². The topological polar surface area (TPSA) is 119 Å². The molecule has 0 heterocycles. The lowest BCUT2D eigenvalue weighted by Crippen LogP contribution is -2.47. The Balaban J connectivity index is 2.48. The summed E-state index contributed by atoms with van der Waals surface area (Å²) in [7, 11) is -1.52. The van der Waals surface area contributed by atoms with Crippen molar-refractivity contribution in [3.05, 3.63) is 58.6 Å². The number of nitrogens with one attached hydrogen (secondary N) is 1. The predicted molar refractivity (Wildman–Crippen MR) is 121 cm³/mol. The largest absolute Gasteiger partial charge is 0.465 e. The fraction of sp³-hybridized carbons (Fsp3) is 0.286. The molecule has 2 rings (SSSR count). The van der Waals surface area contributed by atoms with Crippen LogP contribution in [0.5, 0.6) is 0 Å². The summed E-state index contributed by atoms with van der Waals surface area (Å²) in [6.45, 7) is 1.65. The van der Waals surface area contributed by atoms with Crippen LogP contribution in [0.2, 0.25) is 5.02 Å². The van der Waals surface area contributed by atoms with Crippen molar-refractivity contribution in [2.45, 2.75) is 19.4 Å². The summed E-state index contributed by atoms with van der Waals surface area (Å²) < 4.78 is 35.4. The average Bonchev–Trinajstić information content (AvgIpc) is 2.74. The number of hydrogen-bond acceptors (Lipinski definition) is 7. The molecular weight excluding hydrogens is 460 g/mol. The molecule has 0 spiro atoms. The molecule has 0 bridgehead atoms. The molecule has 0 unspecified atom stereocenters. The molecule has 32 heavy (non-hydrogen) atoms. The Kier molecular flexibility index (Phi) is 8.23. The fourth-order valence-electron chi connectivity index (χ4n) is 3.07. The third-order valence-electron chi connectivity index (χ3n) is 4.44. The van der Waals surface area contributed by atoms with Gasteiger partial charge < -0.3 is 14.8 Å². The molecule has 9 nitrogen and oxygen atoms in total. The number of ether oxygens (including phenoxy) is 2. The molecule has 0 saturated carbocycles. The lowest BCUT2D eigenvalue weighted by molar-refractivity contribution is -0.117. The van der Waals surface area contributed by atoms with Crippen molar-refractivity contribution in [3.8, 4) is 0 Å². The SMILES string of the molecule is CC[C@H](C(=O)Nc1cc(C(=O)OC)cc(C(=O)OC)c1)N(c1cccc(Cl)c1)S(C)(=O)=O. The molecule has 0 aromatic heterocycles. The molecule has 0 aliphatic heterocycles. The first-order valence-corrected chi connectivity index (χ1v) is 11.6. The number of amides is 1. The molecule has 1 N–H and O–H groups in total. The van der Waals surface area contributed by atoms with Crippen LogP contribution in [0.4, 0.5) is 11.4 Å². The van der Waals surface area contributed by atoms with Crippen molar-refractivity contribution in [2.24, 2.45) is 0 Å². The highest BCUT2D eigenvalue weighted by Crippen LogP contribution is 2.26. The van der Waals surface area contributed by atoms with Gasteiger partial charge >= 0.3 is 11.9 Å². The molecule has 172 valence electrons. The van der Waals surface area contributed by atoms with E-state index < -0.39 is 33.9 Å². The zero-order valence-electron chi connectivity index (χ0n) is 17.9. The standard InChI is InChI=1S/C21H23ClN2O7S/c1-5-18(24(32(4,28)29)17-8-6-7-15(22)12-17)19(25)23-16-10-13(20(26)30-2)9-14(11-16)21(27)31-3/h6-12,18H,5H2,1-4H3,(H,23,25)/t18-/m1/s1. The van der Waals surface area contributed by atoms with E-state index in [1.54, 1.807) is 19.1 Å². The van der Waals surface area contributed by atoms with Gasteiger partial charge in [0.1, 0.15) is 6.04 Å². The van der Waals surface area contributed by atoms with Gasteiger partial charge in [0.25, 0.3) is 0 Å². The minimum Gasteiger partial charge on any atom is -0.465 e. The lowest BCUT2D eigenvalue weighted by Gasteiger charge is -2.30. The molecule has 0 radical (unpaired) electrons. The number of esters is 2. The second kappa shape index (κ2) is 10.5. The summed E-state index contributed by atoms with van der Waals surface area (Å²) >= 11 is 6.01. The van der Waals surface area contributed by atoms with Crippen molar-refractivity contribution in [3.63, 3.8) is 0 Å². The maximum atomic E-state index is 13.1. The first-order chi connectivity index (χ1) is 15.0. The van der Waals surface area contributed by atoms with E-state index in [1.807, 2.05) is 0 Å². The number of methoxy groups -OCH3 is 2. The first-order valence-electron chi connectivity index (χ1n) is 9.39. The van der Waals surface area contributed by atoms with Gasteiger partial charge in [-0.25, -0.2) is 18.0 Å². The maximum Gasteiger partial charge on any atom is 0.337 e. The minimum atomic E-state index is -3.87. The van der Waals surface area contributed by atoms with Crippen LogP contribution in [0.25, 0.3) is 0 Å². The third-order valence-corrected chi connectivity index (χ3v) is 5.85. The summed E-state index contributed by atoms with van der Waals surface area (Å²) in [6.07, 6.45) is 1.11. The normalized spacial score (nSPS) is 11.9. The third kappa shape index (κ3) is 5.98. The van der Waals surface area contributed by atoms with E-state index in [0.29, 0.717) is 5.02 Å². The number of benzene rings is 2. The predicted octanol–water partition coefficient (Wildman–Crippen LogP) is 3.10. The Hall–Kier alpha value is -3.11. The Morgan fingerprint density at radius 1 is 1.03 bits per heavy atom. The van der Waals surface area contributed by atoms with E-state index in [9.17, 15) is 22.8 Å². The molecule has 11 heteroatoms. The molecule has 0 aliphatic carbocycles. The molecule has 1 amide bonds. The molecule has 0 fully saturated rings. The Bertz CT molecular complexity index is 1100. The van der Waals surface area contributed by atoms with Crippen LogP contribution < -0.4 is 9.62 Å². The number of sulfonamides is 1. The molecular formula is C21H23ClN2O7S. The van der Waals surface area contributed by atoms with Crippen LogP contribution >= 0.6 is 11.6 Å². The van der Waals surface area contributed by atoms with Gasteiger partial charge in [0.05, 0.1) is 37.3 Å². The number of rotatable bonds is 8. The van der Waals surface area contributed by atoms with Gasteiger partial charge in [-0.3, -0.25) is 9.10 Å². The number of halogens is 1. The van der Waals surface area contributed by atoms with Gasteiger partial charge in [-0.05, 0) is 42.8 Å². The van der Waals surface area contributed by atoms with E-state index in [1.165, 1.54) is 44.6 Å². The number of carbonyl (C=O) groups is 3. The number of anilines is 2. The van der Waals surface area contributed by atoms with E-state index in [2.05, 4.69) is 14.8 Å². The quantitative estimate of drug-likeness (QED) is 0.574. The highest BCUT2D eigenvalue weighted by Gasteiger charge is 2.32. The van der Waals surface area contributed by atoms with Crippen LogP contribution in [0.1, 0.15) is 34.1 Å². The smallest absolute Gasteiger partial charge is 0.337 e. The lowest BCUT2D eigenvalue weighted by atomic mass is 10.1. The molecule has 0 saturated heterocycles. The van der Waals surface area contributed by atoms with E-state index in [-0.39, 0.29) is 28.9 Å². The highest BCUT2D eigenvalue weighted by atomic mass is 35.5. The van der Waals surface area contributed by atoms with Crippen molar-refractivity contribution in [2.75, 3.05) is 30.1 Å². The summed E-state index contributed by atoms with van der Waals surface area (Å²) in [5, 5.41) is 2.88. The van der Waals surface area contributed by atoms with Crippen LogP contribution in [-0.4, -0.2) is 52.8 Å². The zero-order chi connectivity index (χ0) is 24.1. The van der Waals surface area contributed by atoms with Crippen LogP contribution in [0.15, 0.2) is 42.5 Å². The number of hydrogen-bond donors (Lipinski definition) is 1. The average molecular weight is 483 g/mol. The number of nitrogens with zero attached hydrogens (tertiary/aromatic N) is 1. The summed E-state index contributed by atoms with van der Waals surface area (Å²) in [6, 6.07) is 8.87. The van der Waals surface area contributed by atoms with Gasteiger partial charge in [0, 0.05) is 10.7 Å². The van der Waals surface area contributed by atoms with Crippen molar-refractivity contribution >= 4 is 50.8 Å². The van der Waals surface area contributed by atoms with Crippen LogP contribution in [0, 0.1) is 0 Å². The number of carbonyl (C=O) groups excluding carboxylic acids is 3.